The van der Waals surface area contributed by atoms with Crippen LogP contribution in [0.1, 0.15) is 81.9 Å². The van der Waals surface area contributed by atoms with Gasteiger partial charge in [-0.2, -0.15) is 0 Å². The van der Waals surface area contributed by atoms with Crippen molar-refractivity contribution >= 4 is 38.5 Å². The predicted molar refractivity (Wildman–Crippen MR) is 211 cm³/mol. The number of amides is 3. The van der Waals surface area contributed by atoms with E-state index in [1.54, 1.807) is 51.9 Å². The number of sulfonamides is 1. The number of fused-ring (bicyclic) bond motifs is 2. The van der Waals surface area contributed by atoms with Gasteiger partial charge in [-0.25, -0.2) is 18.1 Å². The number of hydrogen-bond acceptors (Lipinski definition) is 7. The number of aryl methyl sites for hydroxylation is 1. The van der Waals surface area contributed by atoms with Gasteiger partial charge in [0.25, 0.3) is 27.7 Å². The molecule has 0 saturated heterocycles. The van der Waals surface area contributed by atoms with Crippen LogP contribution in [0, 0.1) is 0 Å². The number of azide groups is 1. The van der Waals surface area contributed by atoms with Crippen molar-refractivity contribution in [2.75, 3.05) is 19.6 Å². The highest BCUT2D eigenvalue weighted by Crippen LogP contribution is 2.31. The maximum absolute atomic E-state index is 14.8. The summed E-state index contributed by atoms with van der Waals surface area (Å²) in [7, 11) is -2.57. The van der Waals surface area contributed by atoms with Gasteiger partial charge in [0.1, 0.15) is 11.5 Å². The topological polar surface area (TPSA) is 170 Å². The molecule has 0 radical (unpaired) electrons. The van der Waals surface area contributed by atoms with Gasteiger partial charge in [0.15, 0.2) is 0 Å². The van der Waals surface area contributed by atoms with Crippen LogP contribution >= 0.6 is 0 Å². The van der Waals surface area contributed by atoms with Crippen molar-refractivity contribution in [2.24, 2.45) is 12.2 Å². The number of imidazole rings is 1. The number of aromatic nitrogens is 2. The summed E-state index contributed by atoms with van der Waals surface area (Å²) >= 11 is 0. The van der Waals surface area contributed by atoms with Crippen LogP contribution in [0.2, 0.25) is 0 Å². The van der Waals surface area contributed by atoms with E-state index in [1.165, 1.54) is 24.3 Å². The summed E-state index contributed by atoms with van der Waals surface area (Å²) in [4.78, 5) is 53.3. The Kier molecular flexibility index (Phi) is 12.0. The molecule has 0 spiro atoms. The van der Waals surface area contributed by atoms with Gasteiger partial charge in [0.05, 0.1) is 10.5 Å². The minimum absolute atomic E-state index is 0.0164. The van der Waals surface area contributed by atoms with Crippen molar-refractivity contribution < 1.29 is 22.8 Å². The number of carbonyl (C=O) groups is 3. The first-order valence-corrected chi connectivity index (χ1v) is 19.9. The molecule has 0 aliphatic carbocycles. The van der Waals surface area contributed by atoms with Gasteiger partial charge in [0.2, 0.25) is 0 Å². The van der Waals surface area contributed by atoms with Crippen LogP contribution in [0.5, 0.6) is 0 Å². The van der Waals surface area contributed by atoms with E-state index in [1.807, 2.05) is 36.4 Å². The van der Waals surface area contributed by atoms with Crippen LogP contribution in [0.25, 0.3) is 32.6 Å². The first-order valence-electron chi connectivity index (χ1n) is 18.5. The van der Waals surface area contributed by atoms with Crippen LogP contribution in [0.4, 0.5) is 0 Å². The fourth-order valence-electron chi connectivity index (χ4n) is 6.90. The number of unbranched alkanes of at least 4 members (excludes halogenated alkanes) is 2. The number of hydrogen-bond donors (Lipinski definition) is 1. The van der Waals surface area contributed by atoms with Crippen LogP contribution in [0.15, 0.2) is 101 Å². The largest absolute Gasteiger partial charge is 0.337 e. The zero-order valence-electron chi connectivity index (χ0n) is 31.2. The van der Waals surface area contributed by atoms with E-state index in [4.69, 9.17) is 4.98 Å². The van der Waals surface area contributed by atoms with Gasteiger partial charge >= 0.3 is 0 Å². The lowest BCUT2D eigenvalue weighted by atomic mass is 9.92. The van der Waals surface area contributed by atoms with Gasteiger partial charge in [0, 0.05) is 61.5 Å². The smallest absolute Gasteiger partial charge is 0.274 e. The zero-order chi connectivity index (χ0) is 39.1. The van der Waals surface area contributed by atoms with Gasteiger partial charge in [-0.05, 0) is 77.0 Å². The van der Waals surface area contributed by atoms with E-state index >= 15 is 0 Å². The van der Waals surface area contributed by atoms with Gasteiger partial charge in [-0.1, -0.05) is 86.4 Å². The Morgan fingerprint density at radius 3 is 2.33 bits per heavy atom. The third-order valence-electron chi connectivity index (χ3n) is 9.93. The summed E-state index contributed by atoms with van der Waals surface area (Å²) < 4.78 is 30.8. The number of carbonyl (C=O) groups excluding carboxylic acids is 3. The van der Waals surface area contributed by atoms with E-state index in [-0.39, 0.29) is 40.7 Å². The highest BCUT2D eigenvalue weighted by Gasteiger charge is 2.33. The van der Waals surface area contributed by atoms with Crippen molar-refractivity contribution in [1.29, 1.82) is 0 Å². The summed E-state index contributed by atoms with van der Waals surface area (Å²) in [6, 6.07) is 23.4. The summed E-state index contributed by atoms with van der Waals surface area (Å²) in [6.07, 6.45) is 5.63. The van der Waals surface area contributed by atoms with Crippen molar-refractivity contribution in [3.63, 3.8) is 0 Å². The van der Waals surface area contributed by atoms with Crippen molar-refractivity contribution in [3.8, 4) is 11.4 Å². The maximum Gasteiger partial charge on any atom is 0.274 e. The first-order chi connectivity index (χ1) is 26.5. The summed E-state index contributed by atoms with van der Waals surface area (Å²) in [5.74, 6) is -1.30. The van der Waals surface area contributed by atoms with Gasteiger partial charge < -0.3 is 14.4 Å². The quantitative estimate of drug-likeness (QED) is 0.0708. The third-order valence-corrected chi connectivity index (χ3v) is 11.3. The second kappa shape index (κ2) is 17.0. The van der Waals surface area contributed by atoms with Gasteiger partial charge in [-0.15, -0.1) is 0 Å². The first kappa shape index (κ1) is 38.7. The minimum Gasteiger partial charge on any atom is -0.337 e. The third kappa shape index (κ3) is 8.56. The molecule has 14 heteroatoms. The van der Waals surface area contributed by atoms with Crippen LogP contribution in [-0.4, -0.2) is 71.2 Å². The lowest BCUT2D eigenvalue weighted by Crippen LogP contribution is -2.46. The standard InChI is InChI=1S/C41H44N8O5S/c1-4-6-20-48(21-7-5-2)41(52)37-27-47(3)38(44-37)35-19-17-31(39(50)45-55(53,54)34-18-16-28-12-8-9-14-30(28)23-34)24-36(35)40(51)49-26-32-15-11-10-13-29(32)22-33(49)25-43-46-42/h8-19,23-24,27,33H,4-7,20-22,25-26H2,1-3H3,(H,45,50)/t33-/m0/s1. The fraction of sp³-hybridized carbons (Fsp3) is 0.317. The molecule has 0 saturated carbocycles. The molecule has 0 fully saturated rings. The molecule has 3 amide bonds. The van der Waals surface area contributed by atoms with E-state index in [9.17, 15) is 28.3 Å². The molecule has 284 valence electrons. The molecular formula is C41H44N8O5S. The Morgan fingerprint density at radius 1 is 0.927 bits per heavy atom. The van der Waals surface area contributed by atoms with Crippen LogP contribution in [0.3, 0.4) is 0 Å². The molecule has 1 aliphatic heterocycles. The molecule has 2 heterocycles. The maximum atomic E-state index is 14.8. The predicted octanol–water partition coefficient (Wildman–Crippen LogP) is 7.28. The molecule has 1 aliphatic rings. The highest BCUT2D eigenvalue weighted by atomic mass is 32.2. The second-order valence-corrected chi connectivity index (χ2v) is 15.4. The Labute approximate surface area is 320 Å². The molecule has 13 nitrogen and oxygen atoms in total. The molecule has 1 aromatic heterocycles. The lowest BCUT2D eigenvalue weighted by molar-refractivity contribution is 0.0648. The molecule has 0 bridgehead atoms. The van der Waals surface area contributed by atoms with E-state index < -0.39 is 27.9 Å². The summed E-state index contributed by atoms with van der Waals surface area (Å²) in [5, 5.41) is 5.34. The van der Waals surface area contributed by atoms with Crippen molar-refractivity contribution in [1.82, 2.24) is 24.1 Å². The highest BCUT2D eigenvalue weighted by molar-refractivity contribution is 7.90. The Bertz CT molecular complexity index is 2390. The SMILES string of the molecule is CCCCN(CCCC)C(=O)c1cn(C)c(-c2ccc(C(=O)NS(=O)(=O)c3ccc4ccccc4c3)cc2C(=O)N2Cc3ccccc3C[C@H]2CN=[N+]=[N-])n1. The van der Waals surface area contributed by atoms with E-state index in [2.05, 4.69) is 28.6 Å². The molecule has 6 rings (SSSR count). The van der Waals surface area contributed by atoms with Gasteiger partial charge in [-0.3, -0.25) is 14.4 Å². The van der Waals surface area contributed by atoms with Crippen molar-refractivity contribution in [2.45, 2.75) is 63.4 Å². The Morgan fingerprint density at radius 2 is 1.62 bits per heavy atom. The van der Waals surface area contributed by atoms with E-state index in [0.29, 0.717) is 36.3 Å². The average Bonchev–Trinajstić information content (AvgIpc) is 3.59. The van der Waals surface area contributed by atoms with Crippen LogP contribution < -0.4 is 4.72 Å². The van der Waals surface area contributed by atoms with Crippen molar-refractivity contribution in [3.05, 3.63) is 130 Å². The number of rotatable bonds is 14. The Balaban J connectivity index is 1.41. The number of nitrogens with zero attached hydrogens (tertiary/aromatic N) is 7. The molecule has 5 aromatic rings. The molecule has 1 N–H and O–H groups in total. The molecule has 55 heavy (non-hydrogen) atoms. The molecule has 1 atom stereocenters. The normalized spacial score (nSPS) is 13.9. The second-order valence-electron chi connectivity index (χ2n) is 13.7. The summed E-state index contributed by atoms with van der Waals surface area (Å²) in [6.45, 7) is 5.56. The molecule has 4 aromatic carbocycles. The monoisotopic (exact) mass is 760 g/mol. The lowest BCUT2D eigenvalue weighted by Gasteiger charge is -2.36. The molecular weight excluding hydrogens is 717 g/mol. The Hall–Kier alpha value is -5.98. The zero-order valence-corrected chi connectivity index (χ0v) is 32.0. The van der Waals surface area contributed by atoms with E-state index in [0.717, 1.165) is 42.2 Å². The molecule has 0 unspecified atom stereocenters. The average molecular weight is 761 g/mol. The number of nitrogens with one attached hydrogen (secondary N) is 1. The minimum atomic E-state index is -4.30. The number of benzene rings is 4. The fourth-order valence-corrected chi connectivity index (χ4v) is 7.91. The van der Waals surface area contributed by atoms with Crippen LogP contribution in [-0.2, 0) is 30.0 Å². The summed E-state index contributed by atoms with van der Waals surface area (Å²) in [5.41, 5.74) is 11.7.